The monoisotopic (exact) mass is 260 g/mol. The van der Waals surface area contributed by atoms with Crippen molar-refractivity contribution < 1.29 is 9.47 Å². The zero-order chi connectivity index (χ0) is 13.5. The van der Waals surface area contributed by atoms with E-state index >= 15 is 0 Å². The third kappa shape index (κ3) is 4.02. The van der Waals surface area contributed by atoms with Gasteiger partial charge in [0, 0.05) is 13.0 Å². The Balaban J connectivity index is 1.78. The molecule has 0 aliphatic carbocycles. The first kappa shape index (κ1) is 13.5. The highest BCUT2D eigenvalue weighted by Gasteiger charge is 2.00. The maximum absolute atomic E-state index is 5.68. The maximum Gasteiger partial charge on any atom is 0.157 e. The lowest BCUT2D eigenvalue weighted by molar-refractivity contribution is 0.321. The van der Waals surface area contributed by atoms with E-state index < -0.39 is 0 Å². The minimum atomic E-state index is 0.657. The summed E-state index contributed by atoms with van der Waals surface area (Å²) in [6, 6.07) is 8.05. The number of benzene rings is 1. The molecule has 0 saturated carbocycles. The van der Waals surface area contributed by atoms with Crippen LogP contribution < -0.4 is 9.47 Å². The highest BCUT2D eigenvalue weighted by atomic mass is 16.5. The van der Waals surface area contributed by atoms with Gasteiger partial charge in [-0.05, 0) is 24.1 Å². The minimum Gasteiger partial charge on any atom is -0.497 e. The Hall–Kier alpha value is -1.97. The van der Waals surface area contributed by atoms with Gasteiger partial charge in [-0.25, -0.2) is 0 Å². The van der Waals surface area contributed by atoms with Gasteiger partial charge in [-0.2, -0.15) is 5.10 Å². The molecule has 0 radical (unpaired) electrons. The normalized spacial score (nSPS) is 10.4. The van der Waals surface area contributed by atoms with Gasteiger partial charge in [-0.15, -0.1) is 0 Å². The van der Waals surface area contributed by atoms with E-state index in [1.807, 2.05) is 23.0 Å². The second-order valence-corrected chi connectivity index (χ2v) is 4.39. The van der Waals surface area contributed by atoms with Crippen LogP contribution in [0.4, 0.5) is 0 Å². The number of methoxy groups -OCH3 is 1. The molecule has 0 unspecified atom stereocenters. The third-order valence-electron chi connectivity index (χ3n) is 2.88. The van der Waals surface area contributed by atoms with Gasteiger partial charge in [-0.1, -0.05) is 19.1 Å². The summed E-state index contributed by atoms with van der Waals surface area (Å²) in [5.74, 6) is 1.72. The highest BCUT2D eigenvalue weighted by Crippen LogP contribution is 2.13. The van der Waals surface area contributed by atoms with Gasteiger partial charge in [-0.3, -0.25) is 4.68 Å². The van der Waals surface area contributed by atoms with Gasteiger partial charge in [0.05, 0.1) is 26.1 Å². The van der Waals surface area contributed by atoms with E-state index in [9.17, 15) is 0 Å². The van der Waals surface area contributed by atoms with Crippen molar-refractivity contribution in [1.29, 1.82) is 0 Å². The average Bonchev–Trinajstić information content (AvgIpc) is 2.88. The fraction of sp³-hybridized carbons (Fsp3) is 0.400. The van der Waals surface area contributed by atoms with E-state index in [4.69, 9.17) is 9.47 Å². The summed E-state index contributed by atoms with van der Waals surface area (Å²) in [5, 5.41) is 4.23. The molecule has 1 aromatic heterocycles. The fourth-order valence-electron chi connectivity index (χ4n) is 1.85. The Kier molecular flexibility index (Phi) is 4.84. The van der Waals surface area contributed by atoms with Gasteiger partial charge in [0.25, 0.3) is 0 Å². The number of aromatic nitrogens is 2. The number of ether oxygens (including phenoxy) is 2. The topological polar surface area (TPSA) is 36.3 Å². The Morgan fingerprint density at radius 1 is 1.16 bits per heavy atom. The molecule has 0 aliphatic heterocycles. The van der Waals surface area contributed by atoms with Gasteiger partial charge >= 0.3 is 0 Å². The van der Waals surface area contributed by atoms with Gasteiger partial charge in [0.1, 0.15) is 5.75 Å². The fourth-order valence-corrected chi connectivity index (χ4v) is 1.85. The van der Waals surface area contributed by atoms with Crippen LogP contribution in [0.5, 0.6) is 11.5 Å². The molecular formula is C15H20N2O2. The summed E-state index contributed by atoms with van der Waals surface area (Å²) in [4.78, 5) is 0. The molecule has 0 fully saturated rings. The van der Waals surface area contributed by atoms with Crippen LogP contribution in [0.3, 0.4) is 0 Å². The standard InChI is InChI=1S/C15H20N2O2/c1-3-9-17-12-15(11-16-17)19-10-8-13-4-6-14(18-2)7-5-13/h4-7,11-12H,3,8-10H2,1-2H3. The van der Waals surface area contributed by atoms with Gasteiger partial charge in [0.15, 0.2) is 5.75 Å². The molecule has 0 amide bonds. The average molecular weight is 260 g/mol. The second-order valence-electron chi connectivity index (χ2n) is 4.39. The lowest BCUT2D eigenvalue weighted by atomic mass is 10.1. The van der Waals surface area contributed by atoms with Crippen molar-refractivity contribution in [2.75, 3.05) is 13.7 Å². The Morgan fingerprint density at radius 3 is 2.63 bits per heavy atom. The van der Waals surface area contributed by atoms with Crippen molar-refractivity contribution in [1.82, 2.24) is 9.78 Å². The lowest BCUT2D eigenvalue weighted by Crippen LogP contribution is -2.01. The Morgan fingerprint density at radius 2 is 1.95 bits per heavy atom. The molecule has 1 aromatic carbocycles. The summed E-state index contributed by atoms with van der Waals surface area (Å²) in [5.41, 5.74) is 1.24. The molecule has 0 N–H and O–H groups in total. The second kappa shape index (κ2) is 6.83. The summed E-state index contributed by atoms with van der Waals surface area (Å²) in [6.45, 7) is 3.72. The molecule has 2 aromatic rings. The molecule has 1 heterocycles. The SMILES string of the molecule is CCCn1cc(OCCc2ccc(OC)cc2)cn1. The maximum atomic E-state index is 5.68. The summed E-state index contributed by atoms with van der Waals surface area (Å²) < 4.78 is 12.7. The zero-order valence-corrected chi connectivity index (χ0v) is 11.5. The molecule has 0 bridgehead atoms. The largest absolute Gasteiger partial charge is 0.497 e. The van der Waals surface area contributed by atoms with Crippen molar-refractivity contribution in [2.45, 2.75) is 26.3 Å². The molecule has 19 heavy (non-hydrogen) atoms. The zero-order valence-electron chi connectivity index (χ0n) is 11.5. The Bertz CT molecular complexity index is 491. The molecule has 0 saturated heterocycles. The molecular weight excluding hydrogens is 240 g/mol. The lowest BCUT2D eigenvalue weighted by Gasteiger charge is -2.05. The van der Waals surface area contributed by atoms with E-state index in [0.29, 0.717) is 6.61 Å². The number of rotatable bonds is 7. The first-order valence-electron chi connectivity index (χ1n) is 6.60. The van der Waals surface area contributed by atoms with Crippen LogP contribution in [0.25, 0.3) is 0 Å². The molecule has 102 valence electrons. The first-order valence-corrected chi connectivity index (χ1v) is 6.60. The third-order valence-corrected chi connectivity index (χ3v) is 2.88. The number of aryl methyl sites for hydroxylation is 1. The van der Waals surface area contributed by atoms with Crippen LogP contribution in [0.15, 0.2) is 36.7 Å². The van der Waals surface area contributed by atoms with Crippen LogP contribution in [0.2, 0.25) is 0 Å². The van der Waals surface area contributed by atoms with Gasteiger partial charge in [0.2, 0.25) is 0 Å². The molecule has 0 atom stereocenters. The highest BCUT2D eigenvalue weighted by molar-refractivity contribution is 5.27. The van der Waals surface area contributed by atoms with Crippen molar-refractivity contribution in [3.8, 4) is 11.5 Å². The number of hydrogen-bond donors (Lipinski definition) is 0. The van der Waals surface area contributed by atoms with E-state index in [-0.39, 0.29) is 0 Å². The van der Waals surface area contributed by atoms with E-state index in [1.165, 1.54) is 5.56 Å². The predicted octanol–water partition coefficient (Wildman–Crippen LogP) is 2.92. The van der Waals surface area contributed by atoms with Crippen LogP contribution in [0, 0.1) is 0 Å². The molecule has 4 heteroatoms. The summed E-state index contributed by atoms with van der Waals surface area (Å²) in [6.07, 6.45) is 5.66. The molecule has 0 spiro atoms. The number of nitrogens with zero attached hydrogens (tertiary/aromatic N) is 2. The van der Waals surface area contributed by atoms with E-state index in [0.717, 1.165) is 30.9 Å². The summed E-state index contributed by atoms with van der Waals surface area (Å²) >= 11 is 0. The molecule has 4 nitrogen and oxygen atoms in total. The van der Waals surface area contributed by atoms with Crippen LogP contribution >= 0.6 is 0 Å². The summed E-state index contributed by atoms with van der Waals surface area (Å²) in [7, 11) is 1.67. The van der Waals surface area contributed by atoms with Crippen LogP contribution in [-0.4, -0.2) is 23.5 Å². The molecule has 2 rings (SSSR count). The van der Waals surface area contributed by atoms with Crippen molar-refractivity contribution >= 4 is 0 Å². The predicted molar refractivity (Wildman–Crippen MR) is 74.7 cm³/mol. The van der Waals surface area contributed by atoms with E-state index in [1.54, 1.807) is 13.3 Å². The van der Waals surface area contributed by atoms with E-state index in [2.05, 4.69) is 24.2 Å². The van der Waals surface area contributed by atoms with Crippen LogP contribution in [-0.2, 0) is 13.0 Å². The van der Waals surface area contributed by atoms with Crippen LogP contribution in [0.1, 0.15) is 18.9 Å². The smallest absolute Gasteiger partial charge is 0.157 e. The van der Waals surface area contributed by atoms with Gasteiger partial charge < -0.3 is 9.47 Å². The Labute approximate surface area is 114 Å². The van der Waals surface area contributed by atoms with Crippen molar-refractivity contribution in [3.05, 3.63) is 42.2 Å². The van der Waals surface area contributed by atoms with Crippen molar-refractivity contribution in [3.63, 3.8) is 0 Å². The minimum absolute atomic E-state index is 0.657. The molecule has 0 aliphatic rings. The van der Waals surface area contributed by atoms with Crippen molar-refractivity contribution in [2.24, 2.45) is 0 Å². The number of hydrogen-bond acceptors (Lipinski definition) is 3. The first-order chi connectivity index (χ1) is 9.31. The quantitative estimate of drug-likeness (QED) is 0.768.